The lowest BCUT2D eigenvalue weighted by molar-refractivity contribution is 0.273. The zero-order valence-electron chi connectivity index (χ0n) is 11.6. The van der Waals surface area contributed by atoms with E-state index in [0.29, 0.717) is 27.8 Å². The van der Waals surface area contributed by atoms with Gasteiger partial charge in [0.05, 0.1) is 27.9 Å². The predicted molar refractivity (Wildman–Crippen MR) is 88.5 cm³/mol. The minimum Gasteiger partial charge on any atom is -0.467 e. The number of hydrogen-bond donors (Lipinski definition) is 2. The first-order valence-corrected chi connectivity index (χ1v) is 7.60. The van der Waals surface area contributed by atoms with Crippen molar-refractivity contribution in [2.24, 2.45) is 0 Å². The zero-order chi connectivity index (χ0) is 15.5. The first-order valence-electron chi connectivity index (χ1n) is 6.84. The fraction of sp³-hybridized carbons (Fsp3) is 0.188. The van der Waals surface area contributed by atoms with Crippen LogP contribution in [0.5, 0.6) is 0 Å². The molecule has 0 aliphatic rings. The van der Waals surface area contributed by atoms with E-state index in [1.165, 1.54) is 0 Å². The monoisotopic (exact) mass is 336 g/mol. The van der Waals surface area contributed by atoms with Gasteiger partial charge in [0.25, 0.3) is 0 Å². The summed E-state index contributed by atoms with van der Waals surface area (Å²) in [4.78, 5) is 4.52. The molecule has 0 saturated carbocycles. The van der Waals surface area contributed by atoms with Crippen molar-refractivity contribution < 1.29 is 9.52 Å². The Morgan fingerprint density at radius 1 is 1.18 bits per heavy atom. The molecule has 0 fully saturated rings. The summed E-state index contributed by atoms with van der Waals surface area (Å²) in [6.07, 6.45) is 2.11. The summed E-state index contributed by atoms with van der Waals surface area (Å²) >= 11 is 12.3. The highest BCUT2D eigenvalue weighted by molar-refractivity contribution is 6.45. The Morgan fingerprint density at radius 2 is 2.00 bits per heavy atom. The minimum atomic E-state index is -0.164. The number of aromatic nitrogens is 1. The number of rotatable bonds is 5. The van der Waals surface area contributed by atoms with Gasteiger partial charge in [-0.2, -0.15) is 0 Å². The largest absolute Gasteiger partial charge is 0.467 e. The van der Waals surface area contributed by atoms with Crippen molar-refractivity contribution in [3.8, 4) is 0 Å². The molecule has 1 atom stereocenters. The van der Waals surface area contributed by atoms with Crippen LogP contribution in [0.2, 0.25) is 10.0 Å². The highest BCUT2D eigenvalue weighted by Crippen LogP contribution is 2.31. The van der Waals surface area contributed by atoms with Gasteiger partial charge in [0.1, 0.15) is 11.6 Å². The van der Waals surface area contributed by atoms with Gasteiger partial charge in [0, 0.05) is 12.0 Å². The topological polar surface area (TPSA) is 58.3 Å². The molecule has 22 heavy (non-hydrogen) atoms. The maximum Gasteiger partial charge on any atom is 0.127 e. The molecule has 0 amide bonds. The van der Waals surface area contributed by atoms with Crippen LogP contribution in [0.1, 0.15) is 18.2 Å². The zero-order valence-corrected chi connectivity index (χ0v) is 13.1. The van der Waals surface area contributed by atoms with Gasteiger partial charge in [-0.3, -0.25) is 0 Å². The Labute approximate surface area is 137 Å². The highest BCUT2D eigenvalue weighted by Gasteiger charge is 2.15. The van der Waals surface area contributed by atoms with Crippen molar-refractivity contribution in [2.45, 2.75) is 12.5 Å². The molecule has 2 N–H and O–H groups in total. The molecule has 0 spiro atoms. The Morgan fingerprint density at radius 3 is 2.73 bits per heavy atom. The quantitative estimate of drug-likeness (QED) is 0.710. The fourth-order valence-corrected chi connectivity index (χ4v) is 2.66. The van der Waals surface area contributed by atoms with Crippen LogP contribution in [0.4, 0.5) is 5.82 Å². The molecule has 114 valence electrons. The van der Waals surface area contributed by atoms with E-state index in [1.54, 1.807) is 12.3 Å². The number of furan rings is 1. The van der Waals surface area contributed by atoms with Gasteiger partial charge in [0.15, 0.2) is 0 Å². The second-order valence-corrected chi connectivity index (χ2v) is 5.64. The number of nitrogens with zero attached hydrogens (tertiary/aromatic N) is 1. The Kier molecular flexibility index (Phi) is 4.52. The fourth-order valence-electron chi connectivity index (χ4n) is 2.29. The SMILES string of the molecule is OCCC(Nc1ccc2ccc(Cl)c(Cl)c2n1)c1ccco1. The number of aliphatic hydroxyl groups is 1. The van der Waals surface area contributed by atoms with E-state index in [1.807, 2.05) is 30.3 Å². The van der Waals surface area contributed by atoms with Gasteiger partial charge >= 0.3 is 0 Å². The molecule has 2 heterocycles. The normalized spacial score (nSPS) is 12.5. The van der Waals surface area contributed by atoms with E-state index >= 15 is 0 Å². The van der Waals surface area contributed by atoms with Crippen LogP contribution in [0.3, 0.4) is 0 Å². The van der Waals surface area contributed by atoms with E-state index in [2.05, 4.69) is 10.3 Å². The Balaban J connectivity index is 1.94. The van der Waals surface area contributed by atoms with E-state index in [0.717, 1.165) is 11.1 Å². The summed E-state index contributed by atoms with van der Waals surface area (Å²) < 4.78 is 5.40. The van der Waals surface area contributed by atoms with Gasteiger partial charge in [-0.25, -0.2) is 4.98 Å². The number of hydrogen-bond acceptors (Lipinski definition) is 4. The van der Waals surface area contributed by atoms with E-state index in [9.17, 15) is 5.11 Å². The van der Waals surface area contributed by atoms with E-state index in [-0.39, 0.29) is 12.6 Å². The molecule has 4 nitrogen and oxygen atoms in total. The molecule has 2 aromatic heterocycles. The standard InChI is InChI=1S/C16H14Cl2N2O2/c17-11-5-3-10-4-6-14(20-16(10)15(11)18)19-12(7-8-21)13-2-1-9-22-13/h1-6,9,12,21H,7-8H2,(H,19,20). The maximum absolute atomic E-state index is 9.23. The summed E-state index contributed by atoms with van der Waals surface area (Å²) in [6.45, 7) is 0.0402. The molecule has 1 unspecified atom stereocenters. The summed E-state index contributed by atoms with van der Waals surface area (Å²) in [7, 11) is 0. The van der Waals surface area contributed by atoms with Crippen LogP contribution in [-0.4, -0.2) is 16.7 Å². The Hall–Kier alpha value is -1.75. The van der Waals surface area contributed by atoms with Crippen LogP contribution < -0.4 is 5.32 Å². The number of benzene rings is 1. The van der Waals surface area contributed by atoms with Crippen molar-refractivity contribution in [2.75, 3.05) is 11.9 Å². The maximum atomic E-state index is 9.23. The first kappa shape index (κ1) is 15.2. The van der Waals surface area contributed by atoms with Crippen LogP contribution in [0.15, 0.2) is 47.1 Å². The molecule has 3 aromatic rings. The molecule has 0 bridgehead atoms. The third kappa shape index (κ3) is 3.04. The van der Waals surface area contributed by atoms with Crippen LogP contribution >= 0.6 is 23.2 Å². The van der Waals surface area contributed by atoms with Crippen molar-refractivity contribution in [3.63, 3.8) is 0 Å². The van der Waals surface area contributed by atoms with Gasteiger partial charge < -0.3 is 14.8 Å². The molecule has 0 aliphatic carbocycles. The minimum absolute atomic E-state index is 0.0402. The molecule has 0 radical (unpaired) electrons. The molecule has 3 rings (SSSR count). The lowest BCUT2D eigenvalue weighted by Crippen LogP contribution is -2.12. The van der Waals surface area contributed by atoms with E-state index in [4.69, 9.17) is 27.6 Å². The van der Waals surface area contributed by atoms with Gasteiger partial charge in [-0.05, 0) is 36.8 Å². The van der Waals surface area contributed by atoms with Crippen molar-refractivity contribution >= 4 is 39.9 Å². The second-order valence-electron chi connectivity index (χ2n) is 4.85. The second kappa shape index (κ2) is 6.57. The highest BCUT2D eigenvalue weighted by atomic mass is 35.5. The summed E-state index contributed by atoms with van der Waals surface area (Å²) in [5.74, 6) is 1.39. The third-order valence-electron chi connectivity index (χ3n) is 3.38. The van der Waals surface area contributed by atoms with Gasteiger partial charge in [0.2, 0.25) is 0 Å². The first-order chi connectivity index (χ1) is 10.7. The molecule has 0 saturated heterocycles. The molecular weight excluding hydrogens is 323 g/mol. The summed E-state index contributed by atoms with van der Waals surface area (Å²) in [5, 5.41) is 14.3. The number of fused-ring (bicyclic) bond motifs is 1. The summed E-state index contributed by atoms with van der Waals surface area (Å²) in [6, 6.07) is 10.9. The van der Waals surface area contributed by atoms with E-state index < -0.39 is 0 Å². The number of halogens is 2. The average Bonchev–Trinajstić information content (AvgIpc) is 3.05. The predicted octanol–water partition coefficient (Wildman–Crippen LogP) is 4.67. The number of nitrogens with one attached hydrogen (secondary N) is 1. The van der Waals surface area contributed by atoms with Gasteiger partial charge in [-0.1, -0.05) is 29.3 Å². The lowest BCUT2D eigenvalue weighted by atomic mass is 10.1. The Bertz CT molecular complexity index is 775. The smallest absolute Gasteiger partial charge is 0.127 e. The van der Waals surface area contributed by atoms with Gasteiger partial charge in [-0.15, -0.1) is 0 Å². The average molecular weight is 337 g/mol. The molecule has 0 aliphatic heterocycles. The molecule has 1 aromatic carbocycles. The lowest BCUT2D eigenvalue weighted by Gasteiger charge is -2.16. The number of anilines is 1. The van der Waals surface area contributed by atoms with Crippen molar-refractivity contribution in [3.05, 3.63) is 58.5 Å². The van der Waals surface area contributed by atoms with Crippen LogP contribution in [-0.2, 0) is 0 Å². The number of aliphatic hydroxyl groups excluding tert-OH is 1. The van der Waals surface area contributed by atoms with Crippen molar-refractivity contribution in [1.82, 2.24) is 4.98 Å². The molecular formula is C16H14Cl2N2O2. The van der Waals surface area contributed by atoms with Crippen molar-refractivity contribution in [1.29, 1.82) is 0 Å². The molecule has 6 heteroatoms. The summed E-state index contributed by atoms with van der Waals surface area (Å²) in [5.41, 5.74) is 0.640. The number of pyridine rings is 1. The van der Waals surface area contributed by atoms with Crippen LogP contribution in [0.25, 0.3) is 10.9 Å². The van der Waals surface area contributed by atoms with Crippen LogP contribution in [0, 0.1) is 0 Å². The third-order valence-corrected chi connectivity index (χ3v) is 4.17.